The zero-order chi connectivity index (χ0) is 40.5. The quantitative estimate of drug-likeness (QED) is 0.0421. The van der Waals surface area contributed by atoms with Gasteiger partial charge < -0.3 is 29.6 Å². The van der Waals surface area contributed by atoms with Crippen molar-refractivity contribution in [3.63, 3.8) is 0 Å². The molecule has 12 heteroatoms. The van der Waals surface area contributed by atoms with Gasteiger partial charge in [-0.25, -0.2) is 4.79 Å². The van der Waals surface area contributed by atoms with Crippen LogP contribution < -0.4 is 10.6 Å². The summed E-state index contributed by atoms with van der Waals surface area (Å²) in [6, 6.07) is 0. The number of carbonyl (C=O) groups excluding carboxylic acids is 4. The van der Waals surface area contributed by atoms with Gasteiger partial charge in [-0.1, -0.05) is 100 Å². The first-order valence-corrected chi connectivity index (χ1v) is 25.1. The van der Waals surface area contributed by atoms with Crippen molar-refractivity contribution >= 4 is 45.3 Å². The Morgan fingerprint density at radius 3 is 2.14 bits per heavy atom. The molecule has 2 aliphatic carbocycles. The van der Waals surface area contributed by atoms with Crippen LogP contribution in [-0.2, 0) is 38.1 Å². The van der Waals surface area contributed by atoms with Crippen LogP contribution in [0.5, 0.6) is 0 Å². The van der Waals surface area contributed by atoms with E-state index in [1.54, 1.807) is 0 Å². The van der Waals surface area contributed by atoms with Crippen LogP contribution in [0.25, 0.3) is 0 Å². The highest BCUT2D eigenvalue weighted by atomic mass is 33.1. The maximum Gasteiger partial charge on any atom is 0.334 e. The molecule has 2 amide bonds. The minimum atomic E-state index is -0.808. The molecule has 0 bridgehead atoms. The van der Waals surface area contributed by atoms with E-state index in [1.807, 2.05) is 21.6 Å². The number of fused-ring (bicyclic) bond motifs is 2. The van der Waals surface area contributed by atoms with Gasteiger partial charge >= 0.3 is 11.9 Å². The maximum absolute atomic E-state index is 13.4. The number of carbonyl (C=O) groups is 4. The van der Waals surface area contributed by atoms with Crippen molar-refractivity contribution in [2.45, 2.75) is 191 Å². The number of nitrogens with one attached hydrogen (secondary N) is 2. The second-order valence-electron chi connectivity index (χ2n) is 18.5. The van der Waals surface area contributed by atoms with E-state index >= 15 is 0 Å². The summed E-state index contributed by atoms with van der Waals surface area (Å²) in [6.45, 7) is 11.0. The highest BCUT2D eigenvalue weighted by molar-refractivity contribution is 8.77. The molecular weight excluding hydrogens is 761 g/mol. The zero-order valence-electron chi connectivity index (χ0n) is 35.4. The van der Waals surface area contributed by atoms with Crippen molar-refractivity contribution < 1.29 is 38.1 Å². The fourth-order valence-corrected chi connectivity index (χ4v) is 14.0. The summed E-state index contributed by atoms with van der Waals surface area (Å²) in [4.78, 5) is 50.4. The third-order valence-electron chi connectivity index (χ3n) is 14.4. The van der Waals surface area contributed by atoms with Gasteiger partial charge in [0.05, 0.1) is 12.7 Å². The number of hydrogen-bond acceptors (Lipinski definition) is 10. The van der Waals surface area contributed by atoms with Gasteiger partial charge in [-0.05, 0) is 76.2 Å². The summed E-state index contributed by atoms with van der Waals surface area (Å²) in [7, 11) is 4.02. The Bertz CT molecular complexity index is 1440. The molecule has 0 aromatic rings. The first-order valence-electron chi connectivity index (χ1n) is 22.7. The van der Waals surface area contributed by atoms with Gasteiger partial charge in [0.25, 0.3) is 0 Å². The Balaban J connectivity index is 0.782. The molecule has 0 aromatic heterocycles. The summed E-state index contributed by atoms with van der Waals surface area (Å²) < 4.78 is 25.3. The molecule has 6 rings (SSSR count). The van der Waals surface area contributed by atoms with Gasteiger partial charge in [0, 0.05) is 66.2 Å². The van der Waals surface area contributed by atoms with E-state index in [9.17, 15) is 19.2 Å². The molecular formula is C45H72N2O8S2. The third-order valence-corrected chi connectivity index (χ3v) is 17.4. The lowest BCUT2D eigenvalue weighted by atomic mass is 9.49. The van der Waals surface area contributed by atoms with Crippen molar-refractivity contribution in [1.29, 1.82) is 0 Å². The topological polar surface area (TPSA) is 133 Å². The van der Waals surface area contributed by atoms with Gasteiger partial charge in [0.15, 0.2) is 0 Å². The average molecular weight is 833 g/mol. The van der Waals surface area contributed by atoms with Gasteiger partial charge in [-0.15, -0.1) is 0 Å². The maximum atomic E-state index is 13.4. The summed E-state index contributed by atoms with van der Waals surface area (Å²) in [5.74, 6) is 1.42. The minimum Gasteiger partial charge on any atom is -0.459 e. The monoisotopic (exact) mass is 832 g/mol. The van der Waals surface area contributed by atoms with Crippen LogP contribution in [0.2, 0.25) is 0 Å². The van der Waals surface area contributed by atoms with E-state index in [1.165, 1.54) is 70.0 Å². The first kappa shape index (κ1) is 44.8. The molecule has 322 valence electrons. The third kappa shape index (κ3) is 10.4. The summed E-state index contributed by atoms with van der Waals surface area (Å²) in [5.41, 5.74) is 0.239. The largest absolute Gasteiger partial charge is 0.459 e. The van der Waals surface area contributed by atoms with Crippen LogP contribution in [0, 0.1) is 23.2 Å². The second kappa shape index (κ2) is 20.7. The van der Waals surface area contributed by atoms with Crippen LogP contribution in [0.15, 0.2) is 11.1 Å². The van der Waals surface area contributed by atoms with Gasteiger partial charge in [0.1, 0.15) is 23.9 Å². The number of ether oxygens (including phenoxy) is 4. The van der Waals surface area contributed by atoms with E-state index < -0.39 is 17.3 Å². The van der Waals surface area contributed by atoms with Gasteiger partial charge in [-0.2, -0.15) is 0 Å². The van der Waals surface area contributed by atoms with Crippen LogP contribution in [0.1, 0.15) is 163 Å². The summed E-state index contributed by atoms with van der Waals surface area (Å²) in [5, 5.41) is 6.95. The average Bonchev–Trinajstić information content (AvgIpc) is 3.49. The number of rotatable bonds is 24. The van der Waals surface area contributed by atoms with Crippen molar-refractivity contribution in [2.75, 3.05) is 32.1 Å². The van der Waals surface area contributed by atoms with E-state index in [4.69, 9.17) is 18.9 Å². The number of hydrogen-bond donors (Lipinski definition) is 2. The lowest BCUT2D eigenvalue weighted by molar-refractivity contribution is -0.261. The number of esters is 2. The second-order valence-corrected chi connectivity index (χ2v) is 21.3. The number of cyclic esters (lactones) is 1. The normalized spacial score (nSPS) is 32.6. The van der Waals surface area contributed by atoms with Crippen molar-refractivity contribution in [1.82, 2.24) is 10.6 Å². The van der Waals surface area contributed by atoms with Gasteiger partial charge in [0.2, 0.25) is 11.8 Å². The van der Waals surface area contributed by atoms with E-state index in [0.29, 0.717) is 45.4 Å². The van der Waals surface area contributed by atoms with E-state index in [2.05, 4.69) is 38.3 Å². The lowest BCUT2D eigenvalue weighted by Gasteiger charge is -2.60. The molecule has 1 saturated carbocycles. The highest BCUT2D eigenvalue weighted by Gasteiger charge is 2.84. The minimum absolute atomic E-state index is 0.0109. The molecule has 3 unspecified atom stereocenters. The number of amides is 2. The molecule has 57 heavy (non-hydrogen) atoms. The standard InChI is InChI=1S/C45H72N2O8S2/c1-31(2)34-28-37-45(55-37)43(3)24-22-33-35(29-52-42(33)51)36(43)30-53-44(45,4)41(34)54-40(50)21-17-20-39(49)47-26-16-12-10-8-6-5-7-9-11-15-25-46-38(48)19-14-13-18-32-23-27-56-57-32/h31-32,34,36-37,41H,5-30H2,1-4H3,(H,46,48)(H,47,49)/t32?,34-,36?,37?,41+,43-,44+,45+/m0/s1. The molecule has 2 N–H and O–H groups in total. The van der Waals surface area contributed by atoms with Crippen LogP contribution in [0.4, 0.5) is 0 Å². The van der Waals surface area contributed by atoms with Crippen LogP contribution in [0.3, 0.4) is 0 Å². The molecule has 6 aliphatic rings. The molecule has 0 radical (unpaired) electrons. The molecule has 4 aliphatic heterocycles. The summed E-state index contributed by atoms with van der Waals surface area (Å²) >= 11 is 0. The molecule has 4 heterocycles. The fourth-order valence-electron chi connectivity index (χ4n) is 11.0. The molecule has 3 saturated heterocycles. The predicted molar refractivity (Wildman–Crippen MR) is 227 cm³/mol. The molecule has 1 spiro atoms. The van der Waals surface area contributed by atoms with Crippen LogP contribution >= 0.6 is 21.6 Å². The molecule has 8 atom stereocenters. The Labute approximate surface area is 350 Å². The van der Waals surface area contributed by atoms with Crippen LogP contribution in [-0.4, -0.2) is 84.5 Å². The Morgan fingerprint density at radius 1 is 0.860 bits per heavy atom. The van der Waals surface area contributed by atoms with Crippen molar-refractivity contribution in [3.8, 4) is 0 Å². The summed E-state index contributed by atoms with van der Waals surface area (Å²) in [6.07, 6.45) is 20.0. The Kier molecular flexibility index (Phi) is 16.2. The lowest BCUT2D eigenvalue weighted by Crippen LogP contribution is -2.72. The van der Waals surface area contributed by atoms with Gasteiger partial charge in [-0.3, -0.25) is 14.4 Å². The highest BCUT2D eigenvalue weighted by Crippen LogP contribution is 2.72. The number of epoxide rings is 1. The predicted octanol–water partition coefficient (Wildman–Crippen LogP) is 8.79. The SMILES string of the molecule is CC(C)[C@@H]1CC2O[C@@]23[C@@]2(C)CCC4=C(COC4=O)C2CO[C@]3(C)[C@@H]1OC(=O)CCCC(=O)NCCCCCCCCCCCCNC(=O)CCCCC1CCSS1. The Morgan fingerprint density at radius 2 is 1.51 bits per heavy atom. The Hall–Kier alpha value is -1.76. The van der Waals surface area contributed by atoms with Crippen molar-refractivity contribution in [3.05, 3.63) is 11.1 Å². The van der Waals surface area contributed by atoms with E-state index in [-0.39, 0.29) is 59.4 Å². The fraction of sp³-hybridized carbons (Fsp3) is 0.867. The first-order chi connectivity index (χ1) is 27.5. The smallest absolute Gasteiger partial charge is 0.334 e. The number of unbranched alkanes of at least 4 members (excludes halogenated alkanes) is 10. The molecule has 10 nitrogen and oxygen atoms in total. The molecule has 0 aromatic carbocycles. The molecule has 4 fully saturated rings. The zero-order valence-corrected chi connectivity index (χ0v) is 37.1. The van der Waals surface area contributed by atoms with Crippen molar-refractivity contribution in [2.24, 2.45) is 23.2 Å². The van der Waals surface area contributed by atoms with E-state index in [0.717, 1.165) is 61.5 Å².